The van der Waals surface area contributed by atoms with Crippen LogP contribution < -0.4 is 10.6 Å². The van der Waals surface area contributed by atoms with Crippen LogP contribution in [0.4, 0.5) is 13.6 Å². The highest BCUT2D eigenvalue weighted by Gasteiger charge is 2.28. The van der Waals surface area contributed by atoms with Crippen molar-refractivity contribution < 1.29 is 23.1 Å². The van der Waals surface area contributed by atoms with Gasteiger partial charge in [-0.25, -0.2) is 18.6 Å². The predicted molar refractivity (Wildman–Crippen MR) is 118 cm³/mol. The van der Waals surface area contributed by atoms with E-state index in [4.69, 9.17) is 4.74 Å². The first-order valence-electron chi connectivity index (χ1n) is 10.6. The van der Waals surface area contributed by atoms with E-state index < -0.39 is 23.6 Å². The van der Waals surface area contributed by atoms with Crippen molar-refractivity contribution in [3.05, 3.63) is 58.9 Å². The van der Waals surface area contributed by atoms with Gasteiger partial charge in [0.05, 0.1) is 24.1 Å². The maximum absolute atomic E-state index is 15.1. The van der Waals surface area contributed by atoms with Crippen LogP contribution in [0.15, 0.2) is 30.5 Å². The molecule has 0 spiro atoms. The lowest BCUT2D eigenvalue weighted by Crippen LogP contribution is -2.53. The normalized spacial score (nSPS) is 16.2. The molecule has 1 aromatic carbocycles. The third-order valence-corrected chi connectivity index (χ3v) is 5.78. The van der Waals surface area contributed by atoms with Crippen LogP contribution in [0.25, 0.3) is 16.9 Å². The summed E-state index contributed by atoms with van der Waals surface area (Å²) in [6.07, 6.45) is 1.76. The summed E-state index contributed by atoms with van der Waals surface area (Å²) in [7, 11) is 2.72. The van der Waals surface area contributed by atoms with Gasteiger partial charge in [0.1, 0.15) is 17.3 Å². The number of fused-ring (bicyclic) bond motifs is 1. The molecule has 1 saturated heterocycles. The van der Waals surface area contributed by atoms with Crippen LogP contribution >= 0.6 is 0 Å². The average Bonchev–Trinajstić information content (AvgIpc) is 3.14. The van der Waals surface area contributed by atoms with E-state index >= 15 is 8.78 Å². The lowest BCUT2D eigenvalue weighted by Gasteiger charge is -2.32. The fraction of sp³-hybridized carbons (Fsp3) is 0.348. The molecule has 3 aromatic rings. The first-order valence-corrected chi connectivity index (χ1v) is 10.6. The number of aryl methyl sites for hydroxylation is 1. The van der Waals surface area contributed by atoms with Crippen LogP contribution in [0.1, 0.15) is 21.6 Å². The zero-order chi connectivity index (χ0) is 23.7. The molecule has 0 radical (unpaired) electrons. The smallest absolute Gasteiger partial charge is 0.409 e. The molecule has 0 bridgehead atoms. The number of ether oxygens (including phenoxy) is 1. The molecular weight excluding hydrogens is 432 g/mol. The van der Waals surface area contributed by atoms with Crippen molar-refractivity contribution in [2.24, 2.45) is 0 Å². The van der Waals surface area contributed by atoms with Gasteiger partial charge in [0.15, 0.2) is 0 Å². The minimum Gasteiger partial charge on any atom is -0.453 e. The summed E-state index contributed by atoms with van der Waals surface area (Å²) in [5.41, 5.74) is 1.86. The number of benzene rings is 1. The number of aromatic nitrogens is 2. The largest absolute Gasteiger partial charge is 0.453 e. The van der Waals surface area contributed by atoms with Crippen molar-refractivity contribution in [2.45, 2.75) is 19.4 Å². The van der Waals surface area contributed by atoms with Gasteiger partial charge >= 0.3 is 6.09 Å². The zero-order valence-electron chi connectivity index (χ0n) is 18.6. The zero-order valence-corrected chi connectivity index (χ0v) is 18.6. The molecule has 0 aliphatic carbocycles. The van der Waals surface area contributed by atoms with E-state index in [0.29, 0.717) is 37.4 Å². The number of amides is 2. The highest BCUT2D eigenvalue weighted by molar-refractivity contribution is 5.94. The second kappa shape index (κ2) is 9.14. The highest BCUT2D eigenvalue weighted by Crippen LogP contribution is 2.31. The quantitative estimate of drug-likeness (QED) is 0.629. The molecule has 33 heavy (non-hydrogen) atoms. The van der Waals surface area contributed by atoms with E-state index in [1.165, 1.54) is 14.2 Å². The summed E-state index contributed by atoms with van der Waals surface area (Å²) < 4.78 is 36.9. The lowest BCUT2D eigenvalue weighted by molar-refractivity contribution is 0.0962. The first-order chi connectivity index (χ1) is 15.8. The Morgan fingerprint density at radius 2 is 2.00 bits per heavy atom. The molecule has 1 aliphatic heterocycles. The molecule has 0 unspecified atom stereocenters. The molecular formula is C23H25F2N5O3. The number of carbonyl (C=O) groups is 2. The number of nitrogens with one attached hydrogen (secondary N) is 2. The number of halogens is 2. The number of hydrogen-bond donors (Lipinski definition) is 2. The van der Waals surface area contributed by atoms with Crippen LogP contribution in [0.5, 0.6) is 0 Å². The number of piperazine rings is 1. The molecule has 4 rings (SSSR count). The Balaban J connectivity index is 1.79. The highest BCUT2D eigenvalue weighted by atomic mass is 19.1. The second-order valence-corrected chi connectivity index (χ2v) is 8.00. The molecule has 3 heterocycles. The van der Waals surface area contributed by atoms with Crippen molar-refractivity contribution in [2.75, 3.05) is 33.8 Å². The summed E-state index contributed by atoms with van der Waals surface area (Å²) in [5.74, 6) is -2.33. The van der Waals surface area contributed by atoms with Crippen molar-refractivity contribution in [3.8, 4) is 11.3 Å². The standard InChI is InChI=1S/C23H25F2N5O3/c1-13-4-6-30-18(11-15-12-29(7-5-27-15)23(32)33-3)21(28-19(30)8-13)20-16(24)9-14(10-17(20)25)22(31)26-2/h4,6,8-10,15,27H,5,7,11-12H2,1-3H3,(H,26,31)/t15-/m0/s1. The van der Waals surface area contributed by atoms with Crippen molar-refractivity contribution in [3.63, 3.8) is 0 Å². The van der Waals surface area contributed by atoms with Crippen molar-refractivity contribution in [1.82, 2.24) is 24.9 Å². The molecule has 1 fully saturated rings. The Labute approximate surface area is 189 Å². The predicted octanol–water partition coefficient (Wildman–Crippen LogP) is 2.53. The Morgan fingerprint density at radius 3 is 2.67 bits per heavy atom. The number of imidazole rings is 1. The van der Waals surface area contributed by atoms with Gasteiger partial charge in [-0.2, -0.15) is 0 Å². The monoisotopic (exact) mass is 457 g/mol. The summed E-state index contributed by atoms with van der Waals surface area (Å²) >= 11 is 0. The number of nitrogens with zero attached hydrogens (tertiary/aromatic N) is 3. The molecule has 1 atom stereocenters. The van der Waals surface area contributed by atoms with Gasteiger partial charge in [-0.15, -0.1) is 0 Å². The Kier molecular flexibility index (Phi) is 6.28. The van der Waals surface area contributed by atoms with Crippen molar-refractivity contribution >= 4 is 17.6 Å². The number of rotatable bonds is 4. The van der Waals surface area contributed by atoms with Crippen LogP contribution in [-0.4, -0.2) is 66.1 Å². The van der Waals surface area contributed by atoms with Crippen LogP contribution in [-0.2, 0) is 11.2 Å². The molecule has 8 nitrogen and oxygen atoms in total. The second-order valence-electron chi connectivity index (χ2n) is 8.00. The molecule has 10 heteroatoms. The lowest BCUT2D eigenvalue weighted by atomic mass is 10.0. The van der Waals surface area contributed by atoms with Crippen LogP contribution in [0, 0.1) is 18.6 Å². The Morgan fingerprint density at radius 1 is 1.27 bits per heavy atom. The van der Waals surface area contributed by atoms with E-state index in [9.17, 15) is 9.59 Å². The molecule has 2 amide bonds. The fourth-order valence-electron chi connectivity index (χ4n) is 4.16. The third kappa shape index (κ3) is 4.38. The van der Waals surface area contributed by atoms with Crippen molar-refractivity contribution in [1.29, 1.82) is 0 Å². The number of pyridine rings is 1. The molecule has 1 aliphatic rings. The molecule has 2 N–H and O–H groups in total. The molecule has 174 valence electrons. The van der Waals surface area contributed by atoms with Gasteiger partial charge < -0.3 is 24.7 Å². The minimum atomic E-state index is -0.872. The number of methoxy groups -OCH3 is 1. The topological polar surface area (TPSA) is 88.0 Å². The van der Waals surface area contributed by atoms with E-state index in [1.54, 1.807) is 9.30 Å². The SMILES string of the molecule is CNC(=O)c1cc(F)c(-c2nc3cc(C)ccn3c2C[C@H]2CN(C(=O)OC)CCN2)c(F)c1. The van der Waals surface area contributed by atoms with E-state index in [1.807, 2.05) is 25.3 Å². The minimum absolute atomic E-state index is 0.111. The van der Waals surface area contributed by atoms with Gasteiger partial charge in [0.2, 0.25) is 0 Å². The maximum atomic E-state index is 15.1. The van der Waals surface area contributed by atoms with E-state index in [0.717, 1.165) is 17.7 Å². The van der Waals surface area contributed by atoms with Gasteiger partial charge in [-0.1, -0.05) is 0 Å². The first kappa shape index (κ1) is 22.7. The summed E-state index contributed by atoms with van der Waals surface area (Å²) in [6, 6.07) is 5.56. The van der Waals surface area contributed by atoms with Gasteiger partial charge in [0, 0.05) is 50.9 Å². The average molecular weight is 457 g/mol. The fourth-order valence-corrected chi connectivity index (χ4v) is 4.16. The van der Waals surface area contributed by atoms with Crippen LogP contribution in [0.2, 0.25) is 0 Å². The summed E-state index contributed by atoms with van der Waals surface area (Å²) in [6.45, 7) is 3.36. The molecule has 0 saturated carbocycles. The molecule has 2 aromatic heterocycles. The maximum Gasteiger partial charge on any atom is 0.409 e. The van der Waals surface area contributed by atoms with Crippen LogP contribution in [0.3, 0.4) is 0 Å². The summed E-state index contributed by atoms with van der Waals surface area (Å²) in [4.78, 5) is 30.0. The number of hydrogen-bond acceptors (Lipinski definition) is 5. The van der Waals surface area contributed by atoms with Gasteiger partial charge in [-0.3, -0.25) is 4.79 Å². The van der Waals surface area contributed by atoms with E-state index in [2.05, 4.69) is 15.6 Å². The van der Waals surface area contributed by atoms with E-state index in [-0.39, 0.29) is 22.9 Å². The Hall–Kier alpha value is -3.53. The Bertz CT molecular complexity index is 1200. The summed E-state index contributed by atoms with van der Waals surface area (Å²) in [5, 5.41) is 5.71. The third-order valence-electron chi connectivity index (χ3n) is 5.78. The van der Waals surface area contributed by atoms with Gasteiger partial charge in [-0.05, 0) is 36.8 Å². The number of carbonyl (C=O) groups excluding carboxylic acids is 2. The van der Waals surface area contributed by atoms with Gasteiger partial charge in [0.25, 0.3) is 5.91 Å².